The highest BCUT2D eigenvalue weighted by Crippen LogP contribution is 2.32. The fourth-order valence-corrected chi connectivity index (χ4v) is 2.31. The van der Waals surface area contributed by atoms with Gasteiger partial charge in [-0.3, -0.25) is 4.79 Å². The van der Waals surface area contributed by atoms with Gasteiger partial charge in [0, 0.05) is 5.02 Å². The van der Waals surface area contributed by atoms with Crippen molar-refractivity contribution in [3.05, 3.63) is 52.5 Å². The summed E-state index contributed by atoms with van der Waals surface area (Å²) in [6.07, 6.45) is 0.0882. The number of rotatable bonds is 7. The number of carbonyl (C=O) groups excluding carboxylic acids is 1. The molecule has 0 bridgehead atoms. The highest BCUT2D eigenvalue weighted by Gasteiger charge is 2.07. The molecule has 0 amide bonds. The minimum atomic E-state index is -0.276. The van der Waals surface area contributed by atoms with Gasteiger partial charge in [0.2, 0.25) is 0 Å². The van der Waals surface area contributed by atoms with Crippen molar-refractivity contribution in [3.63, 3.8) is 0 Å². The van der Waals surface area contributed by atoms with E-state index in [0.29, 0.717) is 27.3 Å². The SMILES string of the molecule is CC(C)OC(=O)CCOc1ccc(Oc2ccc(Cl)cc2Cl)cc1. The molecule has 0 aliphatic carbocycles. The average molecular weight is 369 g/mol. The molecule has 0 atom stereocenters. The van der Waals surface area contributed by atoms with Crippen LogP contribution in [0.4, 0.5) is 0 Å². The monoisotopic (exact) mass is 368 g/mol. The summed E-state index contributed by atoms with van der Waals surface area (Å²) in [4.78, 5) is 11.4. The zero-order valence-corrected chi connectivity index (χ0v) is 14.9. The first-order chi connectivity index (χ1) is 11.4. The third kappa shape index (κ3) is 5.95. The normalized spacial score (nSPS) is 10.5. The van der Waals surface area contributed by atoms with Gasteiger partial charge < -0.3 is 14.2 Å². The number of esters is 1. The van der Waals surface area contributed by atoms with Crippen molar-refractivity contribution in [1.82, 2.24) is 0 Å². The second-order valence-corrected chi connectivity index (χ2v) is 6.13. The molecule has 2 rings (SSSR count). The Balaban J connectivity index is 1.85. The van der Waals surface area contributed by atoms with E-state index in [1.807, 2.05) is 13.8 Å². The van der Waals surface area contributed by atoms with E-state index in [4.69, 9.17) is 37.4 Å². The first-order valence-corrected chi connectivity index (χ1v) is 8.25. The Labute approximate surface area is 151 Å². The van der Waals surface area contributed by atoms with Crippen molar-refractivity contribution in [3.8, 4) is 17.2 Å². The summed E-state index contributed by atoms with van der Waals surface area (Å²) in [5.41, 5.74) is 0. The molecule has 0 radical (unpaired) electrons. The van der Waals surface area contributed by atoms with Crippen molar-refractivity contribution < 1.29 is 19.0 Å². The van der Waals surface area contributed by atoms with Crippen LogP contribution in [-0.4, -0.2) is 18.7 Å². The van der Waals surface area contributed by atoms with E-state index in [0.717, 1.165) is 0 Å². The molecule has 0 aromatic heterocycles. The molecule has 2 aromatic carbocycles. The summed E-state index contributed by atoms with van der Waals surface area (Å²) in [6, 6.07) is 12.1. The number of hydrogen-bond donors (Lipinski definition) is 0. The van der Waals surface area contributed by atoms with Gasteiger partial charge in [-0.1, -0.05) is 23.2 Å². The van der Waals surface area contributed by atoms with Crippen LogP contribution < -0.4 is 9.47 Å². The van der Waals surface area contributed by atoms with Crippen LogP contribution in [0.1, 0.15) is 20.3 Å². The molecule has 0 saturated heterocycles. The first kappa shape index (κ1) is 18.4. The summed E-state index contributed by atoms with van der Waals surface area (Å²) in [5.74, 6) is 1.50. The van der Waals surface area contributed by atoms with Gasteiger partial charge >= 0.3 is 5.97 Å². The first-order valence-electron chi connectivity index (χ1n) is 7.49. The Morgan fingerprint density at radius 1 is 1.04 bits per heavy atom. The van der Waals surface area contributed by atoms with Crippen LogP contribution in [0.5, 0.6) is 17.2 Å². The third-order valence-corrected chi connectivity index (χ3v) is 3.42. The lowest BCUT2D eigenvalue weighted by molar-refractivity contribution is -0.147. The van der Waals surface area contributed by atoms with E-state index < -0.39 is 0 Å². The van der Waals surface area contributed by atoms with E-state index >= 15 is 0 Å². The van der Waals surface area contributed by atoms with E-state index in [1.54, 1.807) is 42.5 Å². The predicted molar refractivity (Wildman–Crippen MR) is 94.3 cm³/mol. The van der Waals surface area contributed by atoms with Gasteiger partial charge in [0.15, 0.2) is 0 Å². The maximum absolute atomic E-state index is 11.4. The highest BCUT2D eigenvalue weighted by molar-refractivity contribution is 6.35. The van der Waals surface area contributed by atoms with Crippen LogP contribution in [0, 0.1) is 0 Å². The Morgan fingerprint density at radius 3 is 2.33 bits per heavy atom. The number of ether oxygens (including phenoxy) is 3. The fourth-order valence-electron chi connectivity index (χ4n) is 1.86. The molecule has 0 aliphatic rings. The van der Waals surface area contributed by atoms with E-state index in [1.165, 1.54) is 0 Å². The van der Waals surface area contributed by atoms with Crippen molar-refractivity contribution >= 4 is 29.2 Å². The smallest absolute Gasteiger partial charge is 0.309 e. The Morgan fingerprint density at radius 2 is 1.71 bits per heavy atom. The molecular weight excluding hydrogens is 351 g/mol. The lowest BCUT2D eigenvalue weighted by Gasteiger charge is -2.10. The average Bonchev–Trinajstić information content (AvgIpc) is 2.51. The second-order valence-electron chi connectivity index (χ2n) is 5.29. The Hall–Kier alpha value is -1.91. The van der Waals surface area contributed by atoms with Gasteiger partial charge in [-0.15, -0.1) is 0 Å². The molecule has 0 heterocycles. The van der Waals surface area contributed by atoms with Crippen LogP contribution in [-0.2, 0) is 9.53 Å². The molecule has 6 heteroatoms. The predicted octanol–water partition coefficient (Wildman–Crippen LogP) is 5.51. The summed E-state index contributed by atoms with van der Waals surface area (Å²) in [6.45, 7) is 3.88. The number of carbonyl (C=O) groups is 1. The summed E-state index contributed by atoms with van der Waals surface area (Å²) < 4.78 is 16.2. The zero-order chi connectivity index (χ0) is 17.5. The van der Waals surface area contributed by atoms with Crippen LogP contribution in [0.25, 0.3) is 0 Å². The van der Waals surface area contributed by atoms with Gasteiger partial charge in [0.05, 0.1) is 24.2 Å². The quantitative estimate of drug-likeness (QED) is 0.604. The Kier molecular flexibility index (Phi) is 6.76. The maximum Gasteiger partial charge on any atom is 0.309 e. The lowest BCUT2D eigenvalue weighted by atomic mass is 10.3. The Bertz CT molecular complexity index is 684. The largest absolute Gasteiger partial charge is 0.493 e. The molecule has 0 aliphatic heterocycles. The van der Waals surface area contributed by atoms with E-state index in [9.17, 15) is 4.79 Å². The topological polar surface area (TPSA) is 44.8 Å². The van der Waals surface area contributed by atoms with Crippen molar-refractivity contribution in [2.24, 2.45) is 0 Å². The molecule has 2 aromatic rings. The van der Waals surface area contributed by atoms with Crippen LogP contribution in [0.15, 0.2) is 42.5 Å². The maximum atomic E-state index is 11.4. The molecule has 128 valence electrons. The van der Waals surface area contributed by atoms with Crippen molar-refractivity contribution in [1.29, 1.82) is 0 Å². The molecular formula is C18H18Cl2O4. The molecule has 4 nitrogen and oxygen atoms in total. The molecule has 24 heavy (non-hydrogen) atoms. The molecule has 0 spiro atoms. The number of halogens is 2. The second kappa shape index (κ2) is 8.81. The van der Waals surface area contributed by atoms with Crippen molar-refractivity contribution in [2.75, 3.05) is 6.61 Å². The van der Waals surface area contributed by atoms with Gasteiger partial charge in [0.25, 0.3) is 0 Å². The summed E-state index contributed by atoms with van der Waals surface area (Å²) in [5, 5.41) is 0.985. The molecule has 0 N–H and O–H groups in total. The highest BCUT2D eigenvalue weighted by atomic mass is 35.5. The van der Waals surface area contributed by atoms with Crippen LogP contribution in [0.3, 0.4) is 0 Å². The summed E-state index contributed by atoms with van der Waals surface area (Å²) in [7, 11) is 0. The van der Waals surface area contributed by atoms with E-state index in [-0.39, 0.29) is 25.1 Å². The molecule has 0 unspecified atom stereocenters. The minimum Gasteiger partial charge on any atom is -0.493 e. The standard InChI is InChI=1S/C18H18Cl2O4/c1-12(2)23-18(21)9-10-22-14-4-6-15(7-5-14)24-17-8-3-13(19)11-16(17)20/h3-8,11-12H,9-10H2,1-2H3. The van der Waals surface area contributed by atoms with Crippen LogP contribution in [0.2, 0.25) is 10.0 Å². The molecule has 0 fully saturated rings. The number of hydrogen-bond acceptors (Lipinski definition) is 4. The van der Waals surface area contributed by atoms with Crippen molar-refractivity contribution in [2.45, 2.75) is 26.4 Å². The lowest BCUT2D eigenvalue weighted by Crippen LogP contribution is -2.14. The zero-order valence-electron chi connectivity index (χ0n) is 13.4. The van der Waals surface area contributed by atoms with Gasteiger partial charge in [-0.05, 0) is 56.3 Å². The molecule has 0 saturated carbocycles. The number of benzene rings is 2. The van der Waals surface area contributed by atoms with Gasteiger partial charge in [0.1, 0.15) is 17.2 Å². The fraction of sp³-hybridized carbons (Fsp3) is 0.278. The minimum absolute atomic E-state index is 0.117. The summed E-state index contributed by atoms with van der Waals surface area (Å²) >= 11 is 11.9. The van der Waals surface area contributed by atoms with Crippen LogP contribution >= 0.6 is 23.2 Å². The van der Waals surface area contributed by atoms with Gasteiger partial charge in [-0.25, -0.2) is 0 Å². The third-order valence-electron chi connectivity index (χ3n) is 2.89. The van der Waals surface area contributed by atoms with E-state index in [2.05, 4.69) is 0 Å². The van der Waals surface area contributed by atoms with Gasteiger partial charge in [-0.2, -0.15) is 0 Å².